The van der Waals surface area contributed by atoms with Gasteiger partial charge in [0.1, 0.15) is 5.82 Å². The first kappa shape index (κ1) is 26.6. The number of para-hydroxylation sites is 2. The van der Waals surface area contributed by atoms with Gasteiger partial charge in [0.25, 0.3) is 0 Å². The van der Waals surface area contributed by atoms with Crippen molar-refractivity contribution in [3.8, 4) is 22.6 Å². The highest BCUT2D eigenvalue weighted by atomic mass is 19.1. The van der Waals surface area contributed by atoms with E-state index in [2.05, 4.69) is 4.90 Å². The maximum Gasteiger partial charge on any atom is 0.336 e. The van der Waals surface area contributed by atoms with Gasteiger partial charge >= 0.3 is 11.7 Å². The lowest BCUT2D eigenvalue weighted by atomic mass is 9.98. The summed E-state index contributed by atoms with van der Waals surface area (Å²) in [5, 5.41) is 21.6. The van der Waals surface area contributed by atoms with Gasteiger partial charge < -0.3 is 19.5 Å². The van der Waals surface area contributed by atoms with Crippen LogP contribution in [0.1, 0.15) is 21.5 Å². The molecule has 0 atom stereocenters. The average molecular weight is 541 g/mol. The van der Waals surface area contributed by atoms with Crippen molar-refractivity contribution in [2.24, 2.45) is 0 Å². The zero-order valence-corrected chi connectivity index (χ0v) is 21.3. The molecule has 0 amide bonds. The molecule has 0 aliphatic carbocycles. The monoisotopic (exact) mass is 540 g/mol. The summed E-state index contributed by atoms with van der Waals surface area (Å²) in [7, 11) is 0. The Bertz CT molecular complexity index is 1580. The molecule has 0 saturated carbocycles. The first-order chi connectivity index (χ1) is 19.4. The van der Waals surface area contributed by atoms with Crippen LogP contribution >= 0.6 is 0 Å². The van der Waals surface area contributed by atoms with Crippen molar-refractivity contribution in [3.05, 3.63) is 118 Å². The Morgan fingerprint density at radius 3 is 2.38 bits per heavy atom. The predicted molar refractivity (Wildman–Crippen MR) is 150 cm³/mol. The number of ether oxygens (including phenoxy) is 2. The van der Waals surface area contributed by atoms with Crippen LogP contribution in [0.4, 0.5) is 15.8 Å². The van der Waals surface area contributed by atoms with Crippen LogP contribution < -0.4 is 9.64 Å². The van der Waals surface area contributed by atoms with Crippen molar-refractivity contribution in [2.75, 3.05) is 31.2 Å². The molecule has 8 nitrogen and oxygen atoms in total. The third kappa shape index (κ3) is 6.00. The van der Waals surface area contributed by atoms with Gasteiger partial charge in [-0.25, -0.2) is 9.18 Å². The molecule has 4 aromatic carbocycles. The molecule has 1 aliphatic rings. The standard InChI is InChI=1S/C31H25FN2O6/c32-25-11-8-22(9-12-25)23-10-13-26(31(35)36)24(20-23)7-5-21-6-14-30(28(19-21)34(37)38)40-29-4-2-1-3-27(29)33-15-17-39-18-16-33/h1-14,19-20H,15-18H2,(H,35,36). The van der Waals surface area contributed by atoms with E-state index in [0.29, 0.717) is 48.7 Å². The number of nitro groups is 1. The Kier molecular flexibility index (Phi) is 7.84. The molecule has 1 aliphatic heterocycles. The van der Waals surface area contributed by atoms with Crippen LogP contribution in [0, 0.1) is 15.9 Å². The quantitative estimate of drug-likeness (QED) is 0.147. The van der Waals surface area contributed by atoms with Crippen molar-refractivity contribution in [2.45, 2.75) is 0 Å². The summed E-state index contributed by atoms with van der Waals surface area (Å²) in [6, 6.07) is 22.6. The van der Waals surface area contributed by atoms with Crippen LogP contribution in [0.15, 0.2) is 84.9 Å². The third-order valence-corrected chi connectivity index (χ3v) is 6.53. The number of nitro benzene ring substituents is 1. The number of carbonyl (C=O) groups is 1. The molecule has 0 unspecified atom stereocenters. The summed E-state index contributed by atoms with van der Waals surface area (Å²) < 4.78 is 24.8. The predicted octanol–water partition coefficient (Wildman–Crippen LogP) is 6.90. The normalized spacial score (nSPS) is 13.4. The SMILES string of the molecule is O=C(O)c1ccc(-c2ccc(F)cc2)cc1C=Cc1ccc(Oc2ccccc2N2CCOCC2)c([N+](=O)[O-])c1. The fraction of sp³-hybridized carbons (Fsp3) is 0.129. The van der Waals surface area contributed by atoms with E-state index in [1.807, 2.05) is 18.2 Å². The first-order valence-corrected chi connectivity index (χ1v) is 12.6. The lowest BCUT2D eigenvalue weighted by Crippen LogP contribution is -2.36. The summed E-state index contributed by atoms with van der Waals surface area (Å²) in [6.07, 6.45) is 3.19. The number of nitrogens with zero attached hydrogens (tertiary/aromatic N) is 2. The average Bonchev–Trinajstić information content (AvgIpc) is 2.97. The van der Waals surface area contributed by atoms with Crippen molar-refractivity contribution in [3.63, 3.8) is 0 Å². The van der Waals surface area contributed by atoms with E-state index < -0.39 is 10.9 Å². The molecular weight excluding hydrogens is 515 g/mol. The topological polar surface area (TPSA) is 102 Å². The number of rotatable bonds is 8. The van der Waals surface area contributed by atoms with E-state index in [0.717, 1.165) is 11.3 Å². The molecule has 0 spiro atoms. The summed E-state index contributed by atoms with van der Waals surface area (Å²) in [5.74, 6) is -0.893. The molecule has 40 heavy (non-hydrogen) atoms. The van der Waals surface area contributed by atoms with E-state index in [1.54, 1.807) is 48.6 Å². The van der Waals surface area contributed by atoms with E-state index >= 15 is 0 Å². The number of carboxylic acid groups (broad SMARTS) is 1. The van der Waals surface area contributed by atoms with E-state index in [9.17, 15) is 24.4 Å². The van der Waals surface area contributed by atoms with Gasteiger partial charge in [-0.15, -0.1) is 0 Å². The Labute approximate surface area is 229 Å². The number of aromatic carboxylic acids is 1. The molecule has 5 rings (SSSR count). The Balaban J connectivity index is 1.44. The number of halogens is 1. The molecule has 1 fully saturated rings. The molecule has 202 valence electrons. The summed E-state index contributed by atoms with van der Waals surface area (Å²) in [5.41, 5.74) is 2.99. The van der Waals surface area contributed by atoms with Crippen LogP contribution in [0.3, 0.4) is 0 Å². The first-order valence-electron chi connectivity index (χ1n) is 12.6. The second kappa shape index (κ2) is 11.8. The lowest BCUT2D eigenvalue weighted by Gasteiger charge is -2.30. The molecule has 1 saturated heterocycles. The Morgan fingerprint density at radius 1 is 0.925 bits per heavy atom. The molecule has 1 N–H and O–H groups in total. The van der Waals surface area contributed by atoms with Gasteiger partial charge in [-0.05, 0) is 64.7 Å². The van der Waals surface area contributed by atoms with Gasteiger partial charge in [-0.3, -0.25) is 10.1 Å². The highest BCUT2D eigenvalue weighted by Crippen LogP contribution is 2.37. The van der Waals surface area contributed by atoms with Gasteiger partial charge in [0.05, 0.1) is 29.4 Å². The molecular formula is C31H25FN2O6. The second-order valence-electron chi connectivity index (χ2n) is 9.10. The fourth-order valence-corrected chi connectivity index (χ4v) is 4.50. The van der Waals surface area contributed by atoms with Crippen molar-refractivity contribution >= 4 is 29.5 Å². The zero-order chi connectivity index (χ0) is 28.1. The second-order valence-corrected chi connectivity index (χ2v) is 9.10. The number of anilines is 1. The molecule has 1 heterocycles. The Morgan fingerprint density at radius 2 is 1.65 bits per heavy atom. The van der Waals surface area contributed by atoms with Crippen molar-refractivity contribution < 1.29 is 28.7 Å². The Hall–Kier alpha value is -5.02. The summed E-state index contributed by atoms with van der Waals surface area (Å²) >= 11 is 0. The zero-order valence-electron chi connectivity index (χ0n) is 21.3. The van der Waals surface area contributed by atoms with Gasteiger partial charge in [0.15, 0.2) is 5.75 Å². The van der Waals surface area contributed by atoms with Crippen LogP contribution in [-0.2, 0) is 4.74 Å². The number of benzene rings is 4. The van der Waals surface area contributed by atoms with Crippen LogP contribution in [0.5, 0.6) is 11.5 Å². The van der Waals surface area contributed by atoms with E-state index in [4.69, 9.17) is 9.47 Å². The van der Waals surface area contributed by atoms with Gasteiger partial charge in [0.2, 0.25) is 5.75 Å². The minimum atomic E-state index is -1.11. The number of hydrogen-bond acceptors (Lipinski definition) is 6. The van der Waals surface area contributed by atoms with Crippen LogP contribution in [-0.4, -0.2) is 42.3 Å². The number of carboxylic acids is 1. The van der Waals surface area contributed by atoms with E-state index in [-0.39, 0.29) is 22.8 Å². The minimum absolute atomic E-state index is 0.0660. The van der Waals surface area contributed by atoms with Gasteiger partial charge in [-0.1, -0.05) is 48.6 Å². The number of hydrogen-bond donors (Lipinski definition) is 1. The minimum Gasteiger partial charge on any atom is -0.478 e. The van der Waals surface area contributed by atoms with Gasteiger partial charge in [0, 0.05) is 19.2 Å². The third-order valence-electron chi connectivity index (χ3n) is 6.53. The van der Waals surface area contributed by atoms with Crippen molar-refractivity contribution in [1.82, 2.24) is 0 Å². The molecule has 9 heteroatoms. The molecule has 0 radical (unpaired) electrons. The maximum atomic E-state index is 13.4. The maximum absolute atomic E-state index is 13.4. The molecule has 0 bridgehead atoms. The van der Waals surface area contributed by atoms with Crippen LogP contribution in [0.2, 0.25) is 0 Å². The highest BCUT2D eigenvalue weighted by Gasteiger charge is 2.20. The molecule has 4 aromatic rings. The lowest BCUT2D eigenvalue weighted by molar-refractivity contribution is -0.385. The fourth-order valence-electron chi connectivity index (χ4n) is 4.50. The largest absolute Gasteiger partial charge is 0.478 e. The molecule has 0 aromatic heterocycles. The number of morpholine rings is 1. The summed E-state index contributed by atoms with van der Waals surface area (Å²) in [6.45, 7) is 2.55. The van der Waals surface area contributed by atoms with Gasteiger partial charge in [-0.2, -0.15) is 0 Å². The van der Waals surface area contributed by atoms with E-state index in [1.165, 1.54) is 30.3 Å². The van der Waals surface area contributed by atoms with Crippen LogP contribution in [0.25, 0.3) is 23.3 Å². The van der Waals surface area contributed by atoms with Crippen molar-refractivity contribution in [1.29, 1.82) is 0 Å². The highest BCUT2D eigenvalue weighted by molar-refractivity contribution is 5.94. The smallest absolute Gasteiger partial charge is 0.336 e. The summed E-state index contributed by atoms with van der Waals surface area (Å²) in [4.78, 5) is 25.4.